The normalized spacial score (nSPS) is 21.2. The lowest BCUT2D eigenvalue weighted by atomic mass is 10.1. The van der Waals surface area contributed by atoms with Crippen LogP contribution in [0.25, 0.3) is 0 Å². The van der Waals surface area contributed by atoms with E-state index in [1.165, 1.54) is 0 Å². The second-order valence-electron chi connectivity index (χ2n) is 5.29. The largest absolute Gasteiger partial charge is 0.273 e. The molecule has 1 N–H and O–H groups in total. The van der Waals surface area contributed by atoms with E-state index in [-0.39, 0.29) is 29.8 Å². The Hall–Kier alpha value is -1.69. The second-order valence-corrected chi connectivity index (χ2v) is 7.51. The van der Waals surface area contributed by atoms with Crippen LogP contribution >= 0.6 is 0 Å². The highest BCUT2D eigenvalue weighted by Crippen LogP contribution is 2.21. The van der Waals surface area contributed by atoms with Gasteiger partial charge in [-0.2, -0.15) is 5.10 Å². The van der Waals surface area contributed by atoms with E-state index in [4.69, 9.17) is 0 Å². The molecule has 1 aromatic rings. The van der Waals surface area contributed by atoms with Gasteiger partial charge in [0.15, 0.2) is 9.84 Å². The van der Waals surface area contributed by atoms with Gasteiger partial charge in [0.25, 0.3) is 0 Å². The molecule has 0 unspecified atom stereocenters. The topological polar surface area (TPSA) is 75.6 Å². The zero-order chi connectivity index (χ0) is 15.3. The van der Waals surface area contributed by atoms with Gasteiger partial charge in [0.1, 0.15) is 0 Å². The number of hydrogen-bond donors (Lipinski definition) is 1. The fraction of sp³-hybridized carbons (Fsp3) is 0.467. The third-order valence-electron chi connectivity index (χ3n) is 3.56. The first-order chi connectivity index (χ1) is 10.00. The van der Waals surface area contributed by atoms with E-state index in [1.807, 2.05) is 37.3 Å². The molecule has 0 radical (unpaired) electrons. The van der Waals surface area contributed by atoms with Gasteiger partial charge in [-0.05, 0) is 24.3 Å². The summed E-state index contributed by atoms with van der Waals surface area (Å²) in [6, 6.07) is 9.66. The molecule has 6 heteroatoms. The van der Waals surface area contributed by atoms with Crippen LogP contribution in [0.15, 0.2) is 35.4 Å². The Balaban J connectivity index is 1.92. The van der Waals surface area contributed by atoms with Crippen molar-refractivity contribution in [1.29, 1.82) is 0 Å². The predicted octanol–water partition coefficient (Wildman–Crippen LogP) is 1.74. The fourth-order valence-electron chi connectivity index (χ4n) is 2.45. The molecule has 2 rings (SSSR count). The van der Waals surface area contributed by atoms with Crippen molar-refractivity contribution in [3.8, 4) is 0 Å². The highest BCUT2D eigenvalue weighted by atomic mass is 32.2. The highest BCUT2D eigenvalue weighted by molar-refractivity contribution is 7.91. The molecule has 1 atom stereocenters. The lowest BCUT2D eigenvalue weighted by molar-refractivity contribution is -0.121. The predicted molar refractivity (Wildman–Crippen MR) is 82.8 cm³/mol. The number of benzene rings is 1. The number of nitrogens with one attached hydrogen (secondary N) is 1. The molecule has 0 saturated carbocycles. The molecule has 0 spiro atoms. The minimum Gasteiger partial charge on any atom is -0.273 e. The molecule has 5 nitrogen and oxygen atoms in total. The number of carbonyl (C=O) groups excluding carboxylic acids is 1. The summed E-state index contributed by atoms with van der Waals surface area (Å²) in [6.07, 6.45) is 1.50. The van der Waals surface area contributed by atoms with Gasteiger partial charge in [-0.25, -0.2) is 13.8 Å². The van der Waals surface area contributed by atoms with Gasteiger partial charge in [-0.3, -0.25) is 4.79 Å². The molecule has 0 bridgehead atoms. The van der Waals surface area contributed by atoms with E-state index < -0.39 is 9.84 Å². The first kappa shape index (κ1) is 15.7. The van der Waals surface area contributed by atoms with Crippen LogP contribution in [-0.2, 0) is 14.6 Å². The smallest absolute Gasteiger partial charge is 0.240 e. The van der Waals surface area contributed by atoms with E-state index in [0.29, 0.717) is 12.8 Å². The summed E-state index contributed by atoms with van der Waals surface area (Å²) in [5, 5.41) is 4.16. The molecule has 21 heavy (non-hydrogen) atoms. The van der Waals surface area contributed by atoms with Crippen molar-refractivity contribution in [2.24, 2.45) is 11.0 Å². The van der Waals surface area contributed by atoms with Crippen LogP contribution in [0.1, 0.15) is 31.7 Å². The molecule has 1 heterocycles. The number of carbonyl (C=O) groups is 1. The van der Waals surface area contributed by atoms with Gasteiger partial charge in [0, 0.05) is 6.42 Å². The highest BCUT2D eigenvalue weighted by Gasteiger charge is 2.29. The maximum absolute atomic E-state index is 11.8. The van der Waals surface area contributed by atoms with E-state index in [2.05, 4.69) is 10.5 Å². The Morgan fingerprint density at radius 3 is 2.62 bits per heavy atom. The lowest BCUT2D eigenvalue weighted by Gasteiger charge is -2.07. The number of hydrazone groups is 1. The number of amides is 1. The molecule has 1 aromatic carbocycles. The molecule has 1 fully saturated rings. The summed E-state index contributed by atoms with van der Waals surface area (Å²) in [7, 11) is -2.94. The Bertz CT molecular complexity index is 624. The molecule has 1 aliphatic rings. The third kappa shape index (κ3) is 4.67. The molecule has 0 aliphatic carbocycles. The molecule has 114 valence electrons. The van der Waals surface area contributed by atoms with Gasteiger partial charge in [-0.15, -0.1) is 0 Å². The van der Waals surface area contributed by atoms with E-state index >= 15 is 0 Å². The third-order valence-corrected chi connectivity index (χ3v) is 5.40. The minimum absolute atomic E-state index is 0.0769. The van der Waals surface area contributed by atoms with E-state index in [1.54, 1.807) is 0 Å². The van der Waals surface area contributed by atoms with Crippen molar-refractivity contribution in [1.82, 2.24) is 5.43 Å². The van der Waals surface area contributed by atoms with Crippen LogP contribution in [0.3, 0.4) is 0 Å². The van der Waals surface area contributed by atoms with Crippen molar-refractivity contribution in [3.63, 3.8) is 0 Å². The Morgan fingerprint density at radius 1 is 1.33 bits per heavy atom. The van der Waals surface area contributed by atoms with Gasteiger partial charge >= 0.3 is 0 Å². The van der Waals surface area contributed by atoms with E-state index in [0.717, 1.165) is 11.3 Å². The van der Waals surface area contributed by atoms with Crippen LogP contribution in [-0.4, -0.2) is 31.5 Å². The van der Waals surface area contributed by atoms with Gasteiger partial charge in [0.05, 0.1) is 17.2 Å². The number of rotatable bonds is 5. The lowest BCUT2D eigenvalue weighted by Crippen LogP contribution is -2.23. The Morgan fingerprint density at radius 2 is 2.05 bits per heavy atom. The SMILES string of the molecule is CC/C(=N/NC(=O)C[C@H]1CCS(=O)(=O)C1)c1ccccc1. The summed E-state index contributed by atoms with van der Waals surface area (Å²) in [5.74, 6) is 0.00742. The average Bonchev–Trinajstić information content (AvgIpc) is 2.79. The van der Waals surface area contributed by atoms with Crippen LogP contribution in [0.4, 0.5) is 0 Å². The summed E-state index contributed by atoms with van der Waals surface area (Å²) in [6.45, 7) is 1.97. The van der Waals surface area contributed by atoms with Crippen molar-refractivity contribution in [2.45, 2.75) is 26.2 Å². The second kappa shape index (κ2) is 6.85. The van der Waals surface area contributed by atoms with Crippen molar-refractivity contribution < 1.29 is 13.2 Å². The van der Waals surface area contributed by atoms with Crippen LogP contribution in [0, 0.1) is 5.92 Å². The van der Waals surface area contributed by atoms with Crippen LogP contribution < -0.4 is 5.43 Å². The molecular weight excluding hydrogens is 288 g/mol. The fourth-order valence-corrected chi connectivity index (χ4v) is 4.31. The van der Waals surface area contributed by atoms with Crippen LogP contribution in [0.5, 0.6) is 0 Å². The van der Waals surface area contributed by atoms with E-state index in [9.17, 15) is 13.2 Å². The average molecular weight is 308 g/mol. The zero-order valence-electron chi connectivity index (χ0n) is 12.1. The minimum atomic E-state index is -2.94. The molecule has 1 saturated heterocycles. The van der Waals surface area contributed by atoms with Crippen LogP contribution in [0.2, 0.25) is 0 Å². The zero-order valence-corrected chi connectivity index (χ0v) is 12.9. The van der Waals surface area contributed by atoms with Gasteiger partial charge < -0.3 is 0 Å². The maximum Gasteiger partial charge on any atom is 0.240 e. The first-order valence-electron chi connectivity index (χ1n) is 7.11. The molecule has 1 amide bonds. The summed E-state index contributed by atoms with van der Waals surface area (Å²) >= 11 is 0. The maximum atomic E-state index is 11.8. The monoisotopic (exact) mass is 308 g/mol. The number of hydrogen-bond acceptors (Lipinski definition) is 4. The Labute approximate surface area is 125 Å². The molecule has 1 aliphatic heterocycles. The molecule has 0 aromatic heterocycles. The van der Waals surface area contributed by atoms with Crippen molar-refractivity contribution in [2.75, 3.05) is 11.5 Å². The number of sulfone groups is 1. The van der Waals surface area contributed by atoms with Crippen molar-refractivity contribution in [3.05, 3.63) is 35.9 Å². The van der Waals surface area contributed by atoms with Gasteiger partial charge in [-0.1, -0.05) is 37.3 Å². The molecular formula is C15H20N2O3S. The quantitative estimate of drug-likeness (QED) is 0.665. The standard InChI is InChI=1S/C15H20N2O3S/c1-2-14(13-6-4-3-5-7-13)16-17-15(18)10-12-8-9-21(19,20)11-12/h3-7,12H,2,8-11H2,1H3,(H,17,18)/b16-14-/t12-/m1/s1. The number of nitrogens with zero attached hydrogens (tertiary/aromatic N) is 1. The van der Waals surface area contributed by atoms with Gasteiger partial charge in [0.2, 0.25) is 5.91 Å². The Kier molecular flexibility index (Phi) is 5.12. The van der Waals surface area contributed by atoms with Crippen molar-refractivity contribution >= 4 is 21.5 Å². The first-order valence-corrected chi connectivity index (χ1v) is 8.93. The summed E-state index contributed by atoms with van der Waals surface area (Å²) in [4.78, 5) is 11.8. The summed E-state index contributed by atoms with van der Waals surface area (Å²) in [5.41, 5.74) is 4.32. The summed E-state index contributed by atoms with van der Waals surface area (Å²) < 4.78 is 22.7.